The topological polar surface area (TPSA) is 47.3 Å². The van der Waals surface area contributed by atoms with Crippen molar-refractivity contribution in [2.75, 3.05) is 13.2 Å². The van der Waals surface area contributed by atoms with Gasteiger partial charge in [-0.2, -0.15) is 13.2 Å². The first-order valence-electron chi connectivity index (χ1n) is 5.76. The van der Waals surface area contributed by atoms with Crippen LogP contribution in [0.3, 0.4) is 0 Å². The number of hydrogen-bond acceptors (Lipinski definition) is 3. The van der Waals surface area contributed by atoms with E-state index in [1.807, 2.05) is 0 Å². The Kier molecular flexibility index (Phi) is 6.20. The van der Waals surface area contributed by atoms with E-state index >= 15 is 0 Å². The predicted octanol–water partition coefficient (Wildman–Crippen LogP) is 2.17. The lowest BCUT2D eigenvalue weighted by Crippen LogP contribution is -2.37. The third-order valence-corrected chi connectivity index (χ3v) is 2.51. The van der Waals surface area contributed by atoms with Gasteiger partial charge in [-0.05, 0) is 30.5 Å². The number of rotatable bonds is 7. The number of ether oxygens (including phenoxy) is 1. The van der Waals surface area contributed by atoms with Crippen LogP contribution in [0, 0.1) is 5.82 Å². The lowest BCUT2D eigenvalue weighted by Gasteiger charge is -2.16. The Morgan fingerprint density at radius 2 is 1.84 bits per heavy atom. The first-order chi connectivity index (χ1) is 8.90. The number of benzene rings is 1. The molecule has 108 valence electrons. The van der Waals surface area contributed by atoms with Crippen molar-refractivity contribution in [3.8, 4) is 0 Å². The highest BCUT2D eigenvalue weighted by atomic mass is 19.4. The van der Waals surface area contributed by atoms with Crippen molar-refractivity contribution >= 4 is 0 Å². The second kappa shape index (κ2) is 7.42. The van der Waals surface area contributed by atoms with Crippen molar-refractivity contribution < 1.29 is 22.3 Å². The van der Waals surface area contributed by atoms with Gasteiger partial charge < -0.3 is 4.74 Å². The summed E-state index contributed by atoms with van der Waals surface area (Å²) < 4.78 is 52.7. The van der Waals surface area contributed by atoms with Crippen molar-refractivity contribution in [2.24, 2.45) is 5.84 Å². The van der Waals surface area contributed by atoms with Gasteiger partial charge in [0.25, 0.3) is 0 Å². The van der Waals surface area contributed by atoms with E-state index in [9.17, 15) is 17.6 Å². The molecule has 0 bridgehead atoms. The number of nitrogens with one attached hydrogen (secondary N) is 1. The Morgan fingerprint density at radius 1 is 1.21 bits per heavy atom. The van der Waals surface area contributed by atoms with E-state index in [1.165, 1.54) is 12.1 Å². The molecule has 0 aromatic heterocycles. The zero-order valence-electron chi connectivity index (χ0n) is 10.2. The largest absolute Gasteiger partial charge is 0.411 e. The van der Waals surface area contributed by atoms with E-state index in [4.69, 9.17) is 5.84 Å². The Morgan fingerprint density at radius 3 is 2.37 bits per heavy atom. The standard InChI is InChI=1S/C12H16F4N2O/c13-10-3-1-9(2-4-10)7-11(18-17)5-6-19-8-12(14,15)16/h1-4,11,18H,5-8,17H2. The van der Waals surface area contributed by atoms with Crippen LogP contribution in [0.1, 0.15) is 12.0 Å². The van der Waals surface area contributed by atoms with Crippen LogP contribution in [-0.4, -0.2) is 25.4 Å². The van der Waals surface area contributed by atoms with Crippen LogP contribution in [0.2, 0.25) is 0 Å². The Balaban J connectivity index is 2.31. The minimum atomic E-state index is -4.32. The molecule has 0 aliphatic rings. The van der Waals surface area contributed by atoms with E-state index in [0.29, 0.717) is 12.8 Å². The highest BCUT2D eigenvalue weighted by Gasteiger charge is 2.27. The van der Waals surface area contributed by atoms with Crippen LogP contribution in [0.5, 0.6) is 0 Å². The van der Waals surface area contributed by atoms with E-state index in [1.54, 1.807) is 12.1 Å². The summed E-state index contributed by atoms with van der Waals surface area (Å²) in [5, 5.41) is 0. The zero-order chi connectivity index (χ0) is 14.3. The maximum Gasteiger partial charge on any atom is 0.411 e. The summed E-state index contributed by atoms with van der Waals surface area (Å²) >= 11 is 0. The quantitative estimate of drug-likeness (QED) is 0.348. The summed E-state index contributed by atoms with van der Waals surface area (Å²) in [4.78, 5) is 0. The molecule has 1 aromatic carbocycles. The van der Waals surface area contributed by atoms with Crippen molar-refractivity contribution in [3.05, 3.63) is 35.6 Å². The van der Waals surface area contributed by atoms with E-state index in [0.717, 1.165) is 5.56 Å². The van der Waals surface area contributed by atoms with Gasteiger partial charge in [0.15, 0.2) is 0 Å². The van der Waals surface area contributed by atoms with Gasteiger partial charge in [-0.1, -0.05) is 12.1 Å². The van der Waals surface area contributed by atoms with Gasteiger partial charge in [0.2, 0.25) is 0 Å². The smallest absolute Gasteiger partial charge is 0.372 e. The second-order valence-corrected chi connectivity index (χ2v) is 4.15. The number of hydrazine groups is 1. The summed E-state index contributed by atoms with van der Waals surface area (Å²) in [6, 6.07) is 5.64. The van der Waals surface area contributed by atoms with Crippen molar-refractivity contribution in [3.63, 3.8) is 0 Å². The second-order valence-electron chi connectivity index (χ2n) is 4.15. The molecule has 0 heterocycles. The van der Waals surface area contributed by atoms with Crippen LogP contribution < -0.4 is 11.3 Å². The SMILES string of the molecule is NNC(CCOCC(F)(F)F)Cc1ccc(F)cc1. The predicted molar refractivity (Wildman–Crippen MR) is 62.7 cm³/mol. The molecule has 1 aromatic rings. The van der Waals surface area contributed by atoms with Crippen molar-refractivity contribution in [1.29, 1.82) is 0 Å². The average molecular weight is 280 g/mol. The molecule has 1 rings (SSSR count). The van der Waals surface area contributed by atoms with Gasteiger partial charge in [0.05, 0.1) is 0 Å². The first kappa shape index (κ1) is 15.9. The molecule has 3 N–H and O–H groups in total. The molecular formula is C12H16F4N2O. The summed E-state index contributed by atoms with van der Waals surface area (Å²) in [5.41, 5.74) is 3.36. The van der Waals surface area contributed by atoms with E-state index in [2.05, 4.69) is 10.2 Å². The van der Waals surface area contributed by atoms with Crippen LogP contribution >= 0.6 is 0 Å². The number of alkyl halides is 3. The summed E-state index contributed by atoms with van der Waals surface area (Å²) in [7, 11) is 0. The molecule has 1 atom stereocenters. The molecule has 0 aliphatic carbocycles. The fourth-order valence-corrected chi connectivity index (χ4v) is 1.56. The highest BCUT2D eigenvalue weighted by molar-refractivity contribution is 5.17. The molecule has 1 unspecified atom stereocenters. The van der Waals surface area contributed by atoms with Gasteiger partial charge in [0.1, 0.15) is 12.4 Å². The molecule has 0 spiro atoms. The zero-order valence-corrected chi connectivity index (χ0v) is 10.2. The average Bonchev–Trinajstić information content (AvgIpc) is 2.34. The summed E-state index contributed by atoms with van der Waals surface area (Å²) in [5.74, 6) is 4.98. The molecular weight excluding hydrogens is 264 g/mol. The van der Waals surface area contributed by atoms with E-state index in [-0.39, 0.29) is 18.5 Å². The van der Waals surface area contributed by atoms with Crippen LogP contribution in [0.15, 0.2) is 24.3 Å². The first-order valence-corrected chi connectivity index (χ1v) is 5.76. The third kappa shape index (κ3) is 7.09. The van der Waals surface area contributed by atoms with Crippen molar-refractivity contribution in [2.45, 2.75) is 25.1 Å². The van der Waals surface area contributed by atoms with Gasteiger partial charge in [-0.25, -0.2) is 4.39 Å². The molecule has 0 amide bonds. The molecule has 0 saturated carbocycles. The molecule has 0 aliphatic heterocycles. The Bertz CT molecular complexity index is 367. The number of hydrogen-bond donors (Lipinski definition) is 2. The minimum Gasteiger partial charge on any atom is -0.372 e. The molecule has 0 radical (unpaired) electrons. The monoisotopic (exact) mass is 280 g/mol. The molecule has 0 saturated heterocycles. The molecule has 3 nitrogen and oxygen atoms in total. The van der Waals surface area contributed by atoms with Gasteiger partial charge in [-0.15, -0.1) is 0 Å². The Hall–Kier alpha value is -1.18. The third-order valence-electron chi connectivity index (χ3n) is 2.51. The molecule has 0 fully saturated rings. The van der Waals surface area contributed by atoms with Gasteiger partial charge in [-0.3, -0.25) is 11.3 Å². The fraction of sp³-hybridized carbons (Fsp3) is 0.500. The number of halogens is 4. The summed E-state index contributed by atoms with van der Waals surface area (Å²) in [6.07, 6.45) is -3.49. The molecule has 19 heavy (non-hydrogen) atoms. The summed E-state index contributed by atoms with van der Waals surface area (Å²) in [6.45, 7) is -1.31. The van der Waals surface area contributed by atoms with Gasteiger partial charge in [0, 0.05) is 12.6 Å². The minimum absolute atomic E-state index is 0.0461. The normalized spacial score (nSPS) is 13.5. The van der Waals surface area contributed by atoms with Crippen molar-refractivity contribution in [1.82, 2.24) is 5.43 Å². The maximum absolute atomic E-state index is 12.7. The van der Waals surface area contributed by atoms with Crippen LogP contribution in [0.4, 0.5) is 17.6 Å². The van der Waals surface area contributed by atoms with Crippen LogP contribution in [-0.2, 0) is 11.2 Å². The lowest BCUT2D eigenvalue weighted by atomic mass is 10.0. The van der Waals surface area contributed by atoms with E-state index < -0.39 is 12.8 Å². The van der Waals surface area contributed by atoms with Gasteiger partial charge >= 0.3 is 6.18 Å². The molecule has 7 heteroatoms. The highest BCUT2D eigenvalue weighted by Crippen LogP contribution is 2.15. The maximum atomic E-state index is 12.7. The number of nitrogens with two attached hydrogens (primary N) is 1. The van der Waals surface area contributed by atoms with Crippen LogP contribution in [0.25, 0.3) is 0 Å². The lowest BCUT2D eigenvalue weighted by molar-refractivity contribution is -0.174. The fourth-order valence-electron chi connectivity index (χ4n) is 1.56. The Labute approximate surface area is 108 Å².